The van der Waals surface area contributed by atoms with E-state index >= 15 is 0 Å². The molecule has 0 aromatic rings. The van der Waals surface area contributed by atoms with Gasteiger partial charge in [-0.25, -0.2) is 0 Å². The van der Waals surface area contributed by atoms with Gasteiger partial charge in [0.05, 0.1) is 0 Å². The highest BCUT2D eigenvalue weighted by atomic mass is 29.2. The highest BCUT2D eigenvalue weighted by Crippen LogP contribution is 1.87. The van der Waals surface area contributed by atoms with E-state index in [9.17, 15) is 4.46 Å². The van der Waals surface area contributed by atoms with Crippen LogP contribution in [-0.2, 0) is 8.58 Å². The zero-order chi connectivity index (χ0) is 5.91. The molecule has 0 aromatic heterocycles. The van der Waals surface area contributed by atoms with Crippen LogP contribution >= 0.6 is 0 Å². The molecule has 6 heteroatoms. The summed E-state index contributed by atoms with van der Waals surface area (Å²) in [6.45, 7) is 1.42. The summed E-state index contributed by atoms with van der Waals surface area (Å²) < 4.78 is 14.2. The fourth-order valence-electron chi connectivity index (χ4n) is 0.0208. The summed E-state index contributed by atoms with van der Waals surface area (Å²) in [5, 5.41) is 0. The van der Waals surface area contributed by atoms with Crippen molar-refractivity contribution in [2.45, 2.75) is 6.55 Å². The molecule has 0 bridgehead atoms. The number of hydrogen-bond donors (Lipinski definition) is 1. The highest BCUT2D eigenvalue weighted by Gasteiger charge is 2.25. The Hall–Kier alpha value is 0.371. The van der Waals surface area contributed by atoms with Crippen LogP contribution in [0.2, 0.25) is 6.55 Å². The Morgan fingerprint density at radius 3 is 2.43 bits per heavy atom. The van der Waals surface area contributed by atoms with E-state index in [0.29, 0.717) is 0 Å². The maximum absolute atomic E-state index is 9.87. The van der Waals surface area contributed by atoms with Crippen molar-refractivity contribution >= 4 is 27.5 Å². The van der Waals surface area contributed by atoms with Crippen LogP contribution in [0, 0.1) is 0 Å². The highest BCUT2D eigenvalue weighted by molar-refractivity contribution is 7.11. The zero-order valence-electron chi connectivity index (χ0n) is 3.76. The van der Waals surface area contributed by atoms with Crippen LogP contribution in [0.25, 0.3) is 0 Å². The van der Waals surface area contributed by atoms with Gasteiger partial charge in [0.2, 0.25) is 10.5 Å². The Balaban J connectivity index is 3.58. The van der Waals surface area contributed by atoms with E-state index in [2.05, 4.69) is 14.6 Å². The standard InChI is InChI=1S/CH4O3Si3/c1-7(3,4-5)6-2/h3H,1H3. The molecule has 1 unspecified atom stereocenters. The van der Waals surface area contributed by atoms with Crippen LogP contribution in [0.1, 0.15) is 0 Å². The Kier molecular flexibility index (Phi) is 2.76. The van der Waals surface area contributed by atoms with E-state index < -0.39 is 17.0 Å². The fourth-order valence-corrected chi connectivity index (χ4v) is 0.562. The van der Waals surface area contributed by atoms with Crippen LogP contribution in [0.3, 0.4) is 0 Å². The molecule has 4 radical (unpaired) electrons. The topological polar surface area (TPSA) is 46.5 Å². The summed E-state index contributed by atoms with van der Waals surface area (Å²) in [6, 6.07) is 0. The van der Waals surface area contributed by atoms with Crippen molar-refractivity contribution in [3.05, 3.63) is 0 Å². The van der Waals surface area contributed by atoms with Crippen molar-refractivity contribution in [1.82, 2.24) is 0 Å². The quantitative estimate of drug-likeness (QED) is 0.495. The SMILES string of the molecule is C[Si](O)(O[Si])[Si]=O. The maximum atomic E-state index is 9.87. The molecule has 1 atom stereocenters. The predicted octanol–water partition coefficient (Wildman–Crippen LogP) is -1.30. The number of rotatable bonds is 2. The summed E-state index contributed by atoms with van der Waals surface area (Å²) in [5.74, 6) is 0. The zero-order valence-corrected chi connectivity index (χ0v) is 6.76. The number of hydrogen-bond acceptors (Lipinski definition) is 3. The molecule has 0 aliphatic carbocycles. The summed E-state index contributed by atoms with van der Waals surface area (Å²) in [5.41, 5.74) is 0. The molecule has 7 heavy (non-hydrogen) atoms. The van der Waals surface area contributed by atoms with Crippen LogP contribution < -0.4 is 0 Å². The third-order valence-electron chi connectivity index (χ3n) is 0.388. The van der Waals surface area contributed by atoms with Gasteiger partial charge in [-0.05, 0) is 6.55 Å². The lowest BCUT2D eigenvalue weighted by atomic mass is 11.9. The molecule has 0 aliphatic heterocycles. The molecule has 0 spiro atoms. The van der Waals surface area contributed by atoms with E-state index in [1.165, 1.54) is 6.55 Å². The van der Waals surface area contributed by atoms with Crippen molar-refractivity contribution in [3.8, 4) is 0 Å². The molecule has 0 rings (SSSR count). The van der Waals surface area contributed by atoms with Crippen LogP contribution in [0.5, 0.6) is 0 Å². The van der Waals surface area contributed by atoms with E-state index in [0.717, 1.165) is 0 Å². The Morgan fingerprint density at radius 1 is 2.00 bits per heavy atom. The first-order chi connectivity index (χ1) is 3.12. The molecule has 38 valence electrons. The van der Waals surface area contributed by atoms with Gasteiger partial charge >= 0.3 is 17.0 Å². The molecular formula is CH4O3Si3. The molecule has 3 nitrogen and oxygen atoms in total. The summed E-state index contributed by atoms with van der Waals surface area (Å²) in [4.78, 5) is 8.70. The van der Waals surface area contributed by atoms with Gasteiger partial charge in [-0.1, -0.05) is 0 Å². The van der Waals surface area contributed by atoms with Crippen LogP contribution in [0.15, 0.2) is 0 Å². The fraction of sp³-hybridized carbons (Fsp3) is 1.00. The van der Waals surface area contributed by atoms with E-state index in [1.807, 2.05) is 0 Å². The lowest BCUT2D eigenvalue weighted by Crippen LogP contribution is -2.37. The predicted molar refractivity (Wildman–Crippen MR) is 27.1 cm³/mol. The molecule has 0 saturated heterocycles. The van der Waals surface area contributed by atoms with Crippen molar-refractivity contribution in [3.63, 3.8) is 0 Å². The first-order valence-corrected chi connectivity index (χ1v) is 6.26. The molecule has 1 N–H and O–H groups in total. The first kappa shape index (κ1) is 7.37. The van der Waals surface area contributed by atoms with E-state index in [4.69, 9.17) is 4.80 Å². The first-order valence-electron chi connectivity index (χ1n) is 1.59. The van der Waals surface area contributed by atoms with Crippen molar-refractivity contribution in [1.29, 1.82) is 0 Å². The average molecular weight is 148 g/mol. The molecule has 0 heterocycles. The van der Waals surface area contributed by atoms with Crippen LogP contribution in [0.4, 0.5) is 0 Å². The Labute approximate surface area is 48.2 Å². The molecule has 0 aromatic carbocycles. The maximum Gasteiger partial charge on any atom is 0.373 e. The minimum Gasteiger partial charge on any atom is -0.435 e. The second-order valence-electron chi connectivity index (χ2n) is 1.19. The van der Waals surface area contributed by atoms with Gasteiger partial charge in [0, 0.05) is 0 Å². The minimum atomic E-state index is -2.77. The molecular weight excluding hydrogens is 144 g/mol. The monoisotopic (exact) mass is 148 g/mol. The van der Waals surface area contributed by atoms with E-state index in [-0.39, 0.29) is 0 Å². The summed E-state index contributed by atoms with van der Waals surface area (Å²) >= 11 is 0. The second kappa shape index (κ2) is 2.62. The smallest absolute Gasteiger partial charge is 0.373 e. The molecule has 0 fully saturated rings. The third-order valence-corrected chi connectivity index (χ3v) is 4.41. The lowest BCUT2D eigenvalue weighted by Gasteiger charge is -2.05. The van der Waals surface area contributed by atoms with Gasteiger partial charge in [-0.15, -0.1) is 0 Å². The average Bonchev–Trinajstić information content (AvgIpc) is 1.68. The van der Waals surface area contributed by atoms with Crippen molar-refractivity contribution < 1.29 is 13.4 Å². The van der Waals surface area contributed by atoms with Gasteiger partial charge in [-0.3, -0.25) is 0 Å². The molecule has 0 aliphatic rings. The van der Waals surface area contributed by atoms with Crippen LogP contribution in [-0.4, -0.2) is 32.3 Å². The second-order valence-corrected chi connectivity index (χ2v) is 7.57. The Bertz CT molecular complexity index is 70.6. The van der Waals surface area contributed by atoms with Crippen molar-refractivity contribution in [2.24, 2.45) is 0 Å². The van der Waals surface area contributed by atoms with Gasteiger partial charge in [0.1, 0.15) is 0 Å². The van der Waals surface area contributed by atoms with Gasteiger partial charge in [0.25, 0.3) is 0 Å². The summed E-state index contributed by atoms with van der Waals surface area (Å²) in [6.07, 6.45) is 0. The normalized spacial score (nSPS) is 18.1. The lowest BCUT2D eigenvalue weighted by molar-refractivity contribution is 0.423. The molecule has 0 amide bonds. The van der Waals surface area contributed by atoms with E-state index in [1.54, 1.807) is 0 Å². The minimum absolute atomic E-state index is 0.742. The molecule has 0 saturated carbocycles. The van der Waals surface area contributed by atoms with Gasteiger partial charge in [-0.2, -0.15) is 0 Å². The van der Waals surface area contributed by atoms with Crippen molar-refractivity contribution in [2.75, 3.05) is 0 Å². The third kappa shape index (κ3) is 3.00. The van der Waals surface area contributed by atoms with Gasteiger partial charge in [0.15, 0.2) is 0 Å². The summed E-state index contributed by atoms with van der Waals surface area (Å²) in [7, 11) is -0.913. The Morgan fingerprint density at radius 2 is 2.43 bits per heavy atom. The largest absolute Gasteiger partial charge is 0.435 e. The van der Waals surface area contributed by atoms with Gasteiger partial charge < -0.3 is 13.4 Å².